The Kier molecular flexibility index (Phi) is 3.64. The Morgan fingerprint density at radius 1 is 1.39 bits per heavy atom. The van der Waals surface area contributed by atoms with Gasteiger partial charge in [0.15, 0.2) is 0 Å². The first kappa shape index (κ1) is 12.6. The number of hydrogen-bond acceptors (Lipinski definition) is 5. The third kappa shape index (κ3) is 2.69. The molecule has 0 bridgehead atoms. The van der Waals surface area contributed by atoms with Crippen molar-refractivity contribution in [1.29, 1.82) is 0 Å². The zero-order valence-electron chi connectivity index (χ0n) is 10.0. The van der Waals surface area contributed by atoms with Crippen LogP contribution in [0.2, 0.25) is 0 Å². The molecule has 18 heavy (non-hydrogen) atoms. The average Bonchev–Trinajstić information content (AvgIpc) is 2.35. The Hall–Kier alpha value is -1.85. The fourth-order valence-corrected chi connectivity index (χ4v) is 1.74. The van der Waals surface area contributed by atoms with Crippen LogP contribution in [0.1, 0.15) is 5.56 Å². The van der Waals surface area contributed by atoms with Gasteiger partial charge in [-0.3, -0.25) is 0 Å². The van der Waals surface area contributed by atoms with Crippen molar-refractivity contribution in [2.24, 2.45) is 0 Å². The van der Waals surface area contributed by atoms with Crippen LogP contribution in [0, 0.1) is 6.92 Å². The predicted octanol–water partition coefficient (Wildman–Crippen LogP) is 0.867. The highest BCUT2D eigenvalue weighted by atomic mass is 16.4. The quantitative estimate of drug-likeness (QED) is 0.700. The number of aliphatic hydroxyl groups is 2. The lowest BCUT2D eigenvalue weighted by Gasteiger charge is -2.10. The normalized spacial score (nSPS) is 12.6. The van der Waals surface area contributed by atoms with Crippen LogP contribution in [0.25, 0.3) is 11.0 Å². The van der Waals surface area contributed by atoms with Gasteiger partial charge in [-0.05, 0) is 24.6 Å². The Labute approximate surface area is 104 Å². The van der Waals surface area contributed by atoms with Crippen molar-refractivity contribution in [3.63, 3.8) is 0 Å². The molecule has 0 fully saturated rings. The van der Waals surface area contributed by atoms with E-state index in [-0.39, 0.29) is 18.8 Å². The van der Waals surface area contributed by atoms with E-state index in [1.165, 1.54) is 6.07 Å². The summed E-state index contributed by atoms with van der Waals surface area (Å²) in [5.74, 6) is 0. The van der Waals surface area contributed by atoms with E-state index in [1.54, 1.807) is 6.07 Å². The number of fused-ring (bicyclic) bond motifs is 1. The van der Waals surface area contributed by atoms with E-state index in [0.29, 0.717) is 5.58 Å². The number of hydrogen-bond donors (Lipinski definition) is 3. The van der Waals surface area contributed by atoms with Crippen LogP contribution in [0.4, 0.5) is 5.69 Å². The fraction of sp³-hybridized carbons (Fsp3) is 0.308. The third-order valence-corrected chi connectivity index (χ3v) is 2.70. The number of nitrogens with one attached hydrogen (secondary N) is 1. The molecule has 1 atom stereocenters. The minimum atomic E-state index is -0.815. The molecule has 1 aromatic heterocycles. The van der Waals surface area contributed by atoms with E-state index in [1.807, 2.05) is 19.1 Å². The zero-order valence-corrected chi connectivity index (χ0v) is 10.0. The molecule has 1 heterocycles. The molecule has 0 spiro atoms. The standard InChI is InChI=1S/C13H15NO4/c1-8-4-13(17)18-12-5-9(2-3-11(8)12)14-6-10(16)7-15/h2-5,10,14-16H,6-7H2,1H3. The summed E-state index contributed by atoms with van der Waals surface area (Å²) in [6, 6.07) is 6.83. The molecule has 0 radical (unpaired) electrons. The molecule has 0 aliphatic rings. The third-order valence-electron chi connectivity index (χ3n) is 2.70. The Morgan fingerprint density at radius 2 is 2.17 bits per heavy atom. The molecule has 96 valence electrons. The van der Waals surface area contributed by atoms with Crippen LogP contribution in [-0.4, -0.2) is 29.5 Å². The largest absolute Gasteiger partial charge is 0.423 e. The Balaban J connectivity index is 2.30. The van der Waals surface area contributed by atoms with Crippen molar-refractivity contribution in [3.05, 3.63) is 40.2 Å². The molecule has 0 saturated heterocycles. The summed E-state index contributed by atoms with van der Waals surface area (Å²) >= 11 is 0. The van der Waals surface area contributed by atoms with Crippen LogP contribution in [0.3, 0.4) is 0 Å². The second-order valence-corrected chi connectivity index (χ2v) is 4.18. The molecule has 0 saturated carbocycles. The first-order chi connectivity index (χ1) is 8.60. The minimum Gasteiger partial charge on any atom is -0.423 e. The molecule has 1 aromatic carbocycles. The Morgan fingerprint density at radius 3 is 2.89 bits per heavy atom. The second kappa shape index (κ2) is 5.20. The fourth-order valence-electron chi connectivity index (χ4n) is 1.74. The highest BCUT2D eigenvalue weighted by Crippen LogP contribution is 2.20. The van der Waals surface area contributed by atoms with Crippen molar-refractivity contribution >= 4 is 16.7 Å². The topological polar surface area (TPSA) is 82.7 Å². The van der Waals surface area contributed by atoms with Crippen molar-refractivity contribution in [2.75, 3.05) is 18.5 Å². The smallest absolute Gasteiger partial charge is 0.336 e. The number of benzene rings is 1. The van der Waals surface area contributed by atoms with E-state index in [4.69, 9.17) is 9.52 Å². The zero-order chi connectivity index (χ0) is 13.1. The molecule has 5 heteroatoms. The average molecular weight is 249 g/mol. The van der Waals surface area contributed by atoms with Crippen LogP contribution in [0.5, 0.6) is 0 Å². The van der Waals surface area contributed by atoms with Gasteiger partial charge in [-0.25, -0.2) is 4.79 Å². The van der Waals surface area contributed by atoms with Gasteiger partial charge in [-0.1, -0.05) is 0 Å². The van der Waals surface area contributed by atoms with E-state index >= 15 is 0 Å². The molecule has 5 nitrogen and oxygen atoms in total. The maximum atomic E-state index is 11.3. The van der Waals surface area contributed by atoms with E-state index in [0.717, 1.165) is 16.6 Å². The summed E-state index contributed by atoms with van der Waals surface area (Å²) in [5.41, 5.74) is 1.71. The highest BCUT2D eigenvalue weighted by molar-refractivity contribution is 5.83. The first-order valence-corrected chi connectivity index (χ1v) is 5.67. The van der Waals surface area contributed by atoms with Gasteiger partial charge in [0.2, 0.25) is 0 Å². The van der Waals surface area contributed by atoms with Gasteiger partial charge in [0, 0.05) is 29.8 Å². The van der Waals surface area contributed by atoms with Crippen LogP contribution >= 0.6 is 0 Å². The van der Waals surface area contributed by atoms with Gasteiger partial charge in [0.05, 0.1) is 12.7 Å². The molecule has 2 rings (SSSR count). The van der Waals surface area contributed by atoms with Crippen molar-refractivity contribution in [2.45, 2.75) is 13.0 Å². The minimum absolute atomic E-state index is 0.234. The van der Waals surface area contributed by atoms with Gasteiger partial charge >= 0.3 is 5.63 Å². The lowest BCUT2D eigenvalue weighted by molar-refractivity contribution is 0.105. The van der Waals surface area contributed by atoms with Gasteiger partial charge in [-0.2, -0.15) is 0 Å². The summed E-state index contributed by atoms with van der Waals surface area (Å²) in [4.78, 5) is 11.3. The van der Waals surface area contributed by atoms with Gasteiger partial charge in [-0.15, -0.1) is 0 Å². The molecule has 1 unspecified atom stereocenters. The summed E-state index contributed by atoms with van der Waals surface area (Å²) in [6.07, 6.45) is -0.815. The molecular formula is C13H15NO4. The number of aliphatic hydroxyl groups excluding tert-OH is 2. The number of rotatable bonds is 4. The number of anilines is 1. The van der Waals surface area contributed by atoms with Crippen LogP contribution < -0.4 is 10.9 Å². The highest BCUT2D eigenvalue weighted by Gasteiger charge is 2.05. The summed E-state index contributed by atoms with van der Waals surface area (Å²) in [7, 11) is 0. The maximum Gasteiger partial charge on any atom is 0.336 e. The Bertz CT molecular complexity index is 605. The predicted molar refractivity (Wildman–Crippen MR) is 68.8 cm³/mol. The van der Waals surface area contributed by atoms with Gasteiger partial charge < -0.3 is 19.9 Å². The molecule has 3 N–H and O–H groups in total. The lowest BCUT2D eigenvalue weighted by Crippen LogP contribution is -2.22. The van der Waals surface area contributed by atoms with Crippen molar-refractivity contribution in [3.8, 4) is 0 Å². The molecular weight excluding hydrogens is 234 g/mol. The summed E-state index contributed by atoms with van der Waals surface area (Å²) in [6.45, 7) is 1.79. The number of aryl methyl sites for hydroxylation is 1. The first-order valence-electron chi connectivity index (χ1n) is 5.67. The molecule has 0 aliphatic heterocycles. The second-order valence-electron chi connectivity index (χ2n) is 4.18. The monoisotopic (exact) mass is 249 g/mol. The summed E-state index contributed by atoms with van der Waals surface area (Å²) < 4.78 is 5.11. The van der Waals surface area contributed by atoms with E-state index in [9.17, 15) is 9.90 Å². The van der Waals surface area contributed by atoms with Crippen molar-refractivity contribution < 1.29 is 14.6 Å². The van der Waals surface area contributed by atoms with Crippen LogP contribution in [-0.2, 0) is 0 Å². The molecule has 0 amide bonds. The van der Waals surface area contributed by atoms with Crippen molar-refractivity contribution in [1.82, 2.24) is 0 Å². The van der Waals surface area contributed by atoms with E-state index in [2.05, 4.69) is 5.32 Å². The van der Waals surface area contributed by atoms with E-state index < -0.39 is 6.10 Å². The summed E-state index contributed by atoms with van der Waals surface area (Å²) in [5, 5.41) is 21.8. The van der Waals surface area contributed by atoms with Gasteiger partial charge in [0.1, 0.15) is 5.58 Å². The van der Waals surface area contributed by atoms with Gasteiger partial charge in [0.25, 0.3) is 0 Å². The lowest BCUT2D eigenvalue weighted by atomic mass is 10.1. The maximum absolute atomic E-state index is 11.3. The molecule has 0 aliphatic carbocycles. The molecule has 2 aromatic rings. The SMILES string of the molecule is Cc1cc(=O)oc2cc(NCC(O)CO)ccc12. The van der Waals surface area contributed by atoms with Crippen LogP contribution in [0.15, 0.2) is 33.5 Å².